The Morgan fingerprint density at radius 2 is 1.88 bits per heavy atom. The Bertz CT molecular complexity index is 337. The van der Waals surface area contributed by atoms with Crippen molar-refractivity contribution in [3.63, 3.8) is 0 Å². The summed E-state index contributed by atoms with van der Waals surface area (Å²) in [6.45, 7) is 0.563. The van der Waals surface area contributed by atoms with Crippen LogP contribution >= 0.6 is 0 Å². The lowest BCUT2D eigenvalue weighted by molar-refractivity contribution is -0.139. The van der Waals surface area contributed by atoms with Gasteiger partial charge in [-0.25, -0.2) is 0 Å². The van der Waals surface area contributed by atoms with E-state index in [1.807, 2.05) is 7.85 Å². The number of carbonyl (C=O) groups is 3. The van der Waals surface area contributed by atoms with Gasteiger partial charge in [0.2, 0.25) is 11.8 Å². The molecule has 0 aromatic heterocycles. The highest BCUT2D eigenvalue weighted by Gasteiger charge is 2.36. The summed E-state index contributed by atoms with van der Waals surface area (Å²) in [5.74, 6) is 0.390. The molecule has 1 aliphatic heterocycles. The Hall–Kier alpha value is -1.13. The van der Waals surface area contributed by atoms with Crippen molar-refractivity contribution in [1.82, 2.24) is 4.90 Å². The van der Waals surface area contributed by atoms with Crippen LogP contribution in [0.15, 0.2) is 0 Å². The molecule has 2 amide bonds. The van der Waals surface area contributed by atoms with Crippen molar-refractivity contribution in [3.8, 4) is 0 Å². The van der Waals surface area contributed by atoms with Crippen molar-refractivity contribution in [2.24, 2.45) is 11.8 Å². The molecule has 1 atom stereocenters. The number of hydrogen-bond acceptors (Lipinski definition) is 3. The number of hydrogen-bond donors (Lipinski definition) is 0. The Balaban J connectivity index is 1.88. The molecular weight excluding hydrogens is 217 g/mol. The highest BCUT2D eigenvalue weighted by Crippen LogP contribution is 2.30. The van der Waals surface area contributed by atoms with E-state index in [-0.39, 0.29) is 23.5 Å². The molecule has 1 aliphatic carbocycles. The smallest absolute Gasteiger partial charge is 0.229 e. The average molecular weight is 235 g/mol. The largest absolute Gasteiger partial charge is 0.303 e. The molecule has 1 saturated heterocycles. The van der Waals surface area contributed by atoms with Gasteiger partial charge in [-0.3, -0.25) is 14.5 Å². The van der Waals surface area contributed by atoms with Crippen LogP contribution in [0.4, 0.5) is 0 Å². The summed E-state index contributed by atoms with van der Waals surface area (Å²) in [5.41, 5.74) is 0. The number of carbonyl (C=O) groups excluding carboxylic acids is 3. The fourth-order valence-corrected chi connectivity index (χ4v) is 2.81. The van der Waals surface area contributed by atoms with Crippen LogP contribution in [0.25, 0.3) is 0 Å². The first-order valence-corrected chi connectivity index (χ1v) is 6.41. The van der Waals surface area contributed by atoms with Crippen molar-refractivity contribution >= 4 is 25.9 Å². The van der Waals surface area contributed by atoms with Crippen LogP contribution in [0.5, 0.6) is 0 Å². The van der Waals surface area contributed by atoms with Crippen LogP contribution in [0.2, 0.25) is 5.82 Å². The quantitative estimate of drug-likeness (QED) is 0.398. The molecule has 0 radical (unpaired) electrons. The Morgan fingerprint density at radius 1 is 1.24 bits per heavy atom. The minimum absolute atomic E-state index is 0.0208. The minimum atomic E-state index is -0.145. The molecule has 1 heterocycles. The normalized spacial score (nSPS) is 34.1. The predicted molar refractivity (Wildman–Crippen MR) is 65.1 cm³/mol. The minimum Gasteiger partial charge on any atom is -0.303 e. The lowest BCUT2D eigenvalue weighted by Crippen LogP contribution is -2.36. The van der Waals surface area contributed by atoms with Crippen molar-refractivity contribution in [2.45, 2.75) is 37.9 Å². The molecule has 0 spiro atoms. The predicted octanol–water partition coefficient (Wildman–Crippen LogP) is 0.172. The maximum absolute atomic E-state index is 11.8. The molecule has 17 heavy (non-hydrogen) atoms. The van der Waals surface area contributed by atoms with Gasteiger partial charge in [-0.15, -0.1) is 0 Å². The maximum atomic E-state index is 11.8. The second-order valence-corrected chi connectivity index (χ2v) is 5.36. The highest BCUT2D eigenvalue weighted by molar-refractivity contribution is 6.29. The molecule has 0 unspecified atom stereocenters. The number of aldehydes is 1. The first kappa shape index (κ1) is 12.3. The number of imide groups is 1. The van der Waals surface area contributed by atoms with Gasteiger partial charge >= 0.3 is 0 Å². The third-order valence-electron chi connectivity index (χ3n) is 3.99. The van der Waals surface area contributed by atoms with Crippen LogP contribution in [-0.2, 0) is 14.4 Å². The maximum Gasteiger partial charge on any atom is 0.229 e. The molecule has 92 valence electrons. The lowest BCUT2D eigenvalue weighted by atomic mass is 9.82. The van der Waals surface area contributed by atoms with Crippen molar-refractivity contribution < 1.29 is 14.4 Å². The van der Waals surface area contributed by atoms with Crippen LogP contribution in [0.3, 0.4) is 0 Å². The van der Waals surface area contributed by atoms with Crippen LogP contribution in [0.1, 0.15) is 32.1 Å². The Morgan fingerprint density at radius 3 is 2.35 bits per heavy atom. The molecule has 0 bridgehead atoms. The molecule has 0 aromatic rings. The van der Waals surface area contributed by atoms with Gasteiger partial charge in [0, 0.05) is 24.7 Å². The van der Waals surface area contributed by atoms with E-state index >= 15 is 0 Å². The van der Waals surface area contributed by atoms with E-state index in [0.717, 1.165) is 32.0 Å². The van der Waals surface area contributed by atoms with Crippen LogP contribution < -0.4 is 0 Å². The highest BCUT2D eigenvalue weighted by atomic mass is 16.2. The molecular formula is C12H18BNO3. The van der Waals surface area contributed by atoms with E-state index in [2.05, 4.69) is 0 Å². The summed E-state index contributed by atoms with van der Waals surface area (Å²) in [6, 6.07) is 0. The second kappa shape index (κ2) is 5.02. The van der Waals surface area contributed by atoms with Crippen LogP contribution in [-0.4, -0.2) is 37.4 Å². The summed E-state index contributed by atoms with van der Waals surface area (Å²) in [4.78, 5) is 35.5. The number of rotatable bonds is 3. The second-order valence-electron chi connectivity index (χ2n) is 5.36. The van der Waals surface area contributed by atoms with Crippen molar-refractivity contribution in [1.29, 1.82) is 0 Å². The van der Waals surface area contributed by atoms with Crippen molar-refractivity contribution in [2.75, 3.05) is 6.54 Å². The summed E-state index contributed by atoms with van der Waals surface area (Å²) >= 11 is 0. The molecule has 0 aromatic carbocycles. The first-order valence-electron chi connectivity index (χ1n) is 6.41. The number of amides is 2. The van der Waals surface area contributed by atoms with Gasteiger partial charge in [-0.05, 0) is 31.6 Å². The third kappa shape index (κ3) is 2.59. The monoisotopic (exact) mass is 235 g/mol. The molecule has 2 fully saturated rings. The van der Waals surface area contributed by atoms with Gasteiger partial charge in [0.15, 0.2) is 0 Å². The van der Waals surface area contributed by atoms with Gasteiger partial charge in [0.1, 0.15) is 14.1 Å². The summed E-state index contributed by atoms with van der Waals surface area (Å²) < 4.78 is 0. The van der Waals surface area contributed by atoms with Gasteiger partial charge in [-0.1, -0.05) is 0 Å². The average Bonchev–Trinajstić information content (AvgIpc) is 2.57. The first-order chi connectivity index (χ1) is 8.11. The zero-order chi connectivity index (χ0) is 12.4. The zero-order valence-corrected chi connectivity index (χ0v) is 10.2. The van der Waals surface area contributed by atoms with E-state index in [9.17, 15) is 14.4 Å². The van der Waals surface area contributed by atoms with Gasteiger partial charge in [0.25, 0.3) is 0 Å². The molecule has 2 rings (SSSR count). The van der Waals surface area contributed by atoms with Gasteiger partial charge < -0.3 is 4.79 Å². The van der Waals surface area contributed by atoms with E-state index in [0.29, 0.717) is 18.9 Å². The summed E-state index contributed by atoms with van der Waals surface area (Å²) in [6.07, 6.45) is 5.11. The third-order valence-corrected chi connectivity index (χ3v) is 3.99. The van der Waals surface area contributed by atoms with E-state index < -0.39 is 0 Å². The number of nitrogens with zero attached hydrogens (tertiary/aromatic N) is 1. The SMILES string of the molecule is B[C@H]1CC(=O)N(CC2CCC(C=O)CC2)C1=O. The number of likely N-dealkylation sites (tertiary alicyclic amines) is 1. The van der Waals surface area contributed by atoms with E-state index in [4.69, 9.17) is 0 Å². The van der Waals surface area contributed by atoms with E-state index in [1.54, 1.807) is 0 Å². The van der Waals surface area contributed by atoms with E-state index in [1.165, 1.54) is 4.90 Å². The standard InChI is InChI=1S/C12H18BNO3/c13-10-5-11(16)14(12(10)17)6-8-1-3-9(7-15)4-2-8/h7-10H,1-6,13H2/t8?,9?,10-/m0/s1. The fraction of sp³-hybridized carbons (Fsp3) is 0.750. The molecule has 2 aliphatic rings. The Kier molecular flexibility index (Phi) is 3.65. The fourth-order valence-electron chi connectivity index (χ4n) is 2.81. The zero-order valence-electron chi connectivity index (χ0n) is 10.2. The molecule has 0 N–H and O–H groups in total. The van der Waals surface area contributed by atoms with Gasteiger partial charge in [-0.2, -0.15) is 0 Å². The Labute approximate surface area is 102 Å². The lowest BCUT2D eigenvalue weighted by Gasteiger charge is -2.28. The summed E-state index contributed by atoms with van der Waals surface area (Å²) in [5, 5.41) is 0. The van der Waals surface area contributed by atoms with Crippen molar-refractivity contribution in [3.05, 3.63) is 0 Å². The van der Waals surface area contributed by atoms with Gasteiger partial charge in [0.05, 0.1) is 0 Å². The summed E-state index contributed by atoms with van der Waals surface area (Å²) in [7, 11) is 1.81. The molecule has 4 nitrogen and oxygen atoms in total. The molecule has 1 saturated carbocycles. The topological polar surface area (TPSA) is 54.5 Å². The van der Waals surface area contributed by atoms with Crippen LogP contribution in [0, 0.1) is 11.8 Å². The molecule has 5 heteroatoms.